The molecule has 30 heavy (non-hydrogen) atoms. The smallest absolute Gasteiger partial charge is 0.271 e. The molecule has 2 aliphatic heterocycles. The van der Waals surface area contributed by atoms with E-state index in [2.05, 4.69) is 15.5 Å². The van der Waals surface area contributed by atoms with Crippen molar-refractivity contribution in [3.63, 3.8) is 0 Å². The number of carbonyl (C=O) groups excluding carboxylic acids is 2. The molecule has 0 bridgehead atoms. The molecule has 1 fully saturated rings. The van der Waals surface area contributed by atoms with Gasteiger partial charge in [-0.05, 0) is 37.1 Å². The Morgan fingerprint density at radius 2 is 1.93 bits per heavy atom. The van der Waals surface area contributed by atoms with Crippen LogP contribution in [0.4, 0.5) is 0 Å². The molecule has 0 spiro atoms. The lowest BCUT2D eigenvalue weighted by molar-refractivity contribution is -0.118. The molecule has 1 saturated heterocycles. The number of nitrogens with one attached hydrogen (secondary N) is 2. The molecule has 0 unspecified atom stereocenters. The van der Waals surface area contributed by atoms with Gasteiger partial charge in [-0.1, -0.05) is 0 Å². The zero-order valence-electron chi connectivity index (χ0n) is 16.4. The van der Waals surface area contributed by atoms with Crippen LogP contribution in [0.1, 0.15) is 23.3 Å². The highest BCUT2D eigenvalue weighted by Gasteiger charge is 2.33. The highest BCUT2D eigenvalue weighted by molar-refractivity contribution is 7.92. The van der Waals surface area contributed by atoms with Crippen LogP contribution in [0, 0.1) is 0 Å². The van der Waals surface area contributed by atoms with E-state index in [4.69, 9.17) is 9.47 Å². The Morgan fingerprint density at radius 1 is 1.20 bits per heavy atom. The van der Waals surface area contributed by atoms with E-state index in [1.165, 1.54) is 7.05 Å². The van der Waals surface area contributed by atoms with Crippen molar-refractivity contribution < 1.29 is 27.5 Å². The van der Waals surface area contributed by atoms with Crippen molar-refractivity contribution in [2.24, 2.45) is 0 Å². The van der Waals surface area contributed by atoms with Crippen molar-refractivity contribution in [2.75, 3.05) is 32.7 Å². The van der Waals surface area contributed by atoms with E-state index in [0.29, 0.717) is 48.8 Å². The van der Waals surface area contributed by atoms with Gasteiger partial charge in [0, 0.05) is 25.7 Å². The SMILES string of the molecule is CNC(=O)CS(=O)(=O)C1CCN(C(=O)c2cc(-c3ccc4c(c3)OCO4)n[nH]2)CC1. The van der Waals surface area contributed by atoms with Gasteiger partial charge in [-0.25, -0.2) is 8.42 Å². The summed E-state index contributed by atoms with van der Waals surface area (Å²) in [5, 5.41) is 8.68. The third-order valence-corrected chi connectivity index (χ3v) is 7.48. The third kappa shape index (κ3) is 3.97. The molecule has 160 valence electrons. The number of benzene rings is 1. The molecule has 10 nitrogen and oxygen atoms in total. The van der Waals surface area contributed by atoms with Crippen LogP contribution in [0.25, 0.3) is 11.3 Å². The minimum Gasteiger partial charge on any atom is -0.454 e. The van der Waals surface area contributed by atoms with Gasteiger partial charge in [0.1, 0.15) is 11.4 Å². The predicted molar refractivity (Wildman–Crippen MR) is 107 cm³/mol. The minimum atomic E-state index is -3.54. The van der Waals surface area contributed by atoms with E-state index >= 15 is 0 Å². The molecule has 2 aliphatic rings. The van der Waals surface area contributed by atoms with E-state index in [0.717, 1.165) is 5.56 Å². The largest absolute Gasteiger partial charge is 0.454 e. The molecule has 2 N–H and O–H groups in total. The Bertz CT molecular complexity index is 1070. The monoisotopic (exact) mass is 434 g/mol. The van der Waals surface area contributed by atoms with E-state index in [1.54, 1.807) is 23.1 Å². The number of likely N-dealkylation sites (tertiary alicyclic amines) is 1. The second kappa shape index (κ2) is 7.98. The Morgan fingerprint density at radius 3 is 2.67 bits per heavy atom. The van der Waals surface area contributed by atoms with Crippen LogP contribution >= 0.6 is 0 Å². The number of sulfone groups is 1. The summed E-state index contributed by atoms with van der Waals surface area (Å²) < 4.78 is 35.4. The topological polar surface area (TPSA) is 131 Å². The molecule has 0 atom stereocenters. The van der Waals surface area contributed by atoms with Crippen molar-refractivity contribution in [3.8, 4) is 22.8 Å². The van der Waals surface area contributed by atoms with Crippen LogP contribution in [0.15, 0.2) is 24.3 Å². The Hall–Kier alpha value is -3.08. The molecule has 3 heterocycles. The van der Waals surface area contributed by atoms with Crippen molar-refractivity contribution >= 4 is 21.7 Å². The first kappa shape index (κ1) is 20.2. The average molecular weight is 434 g/mol. The quantitative estimate of drug-likeness (QED) is 0.703. The van der Waals surface area contributed by atoms with Gasteiger partial charge in [0.05, 0.1) is 10.9 Å². The van der Waals surface area contributed by atoms with Crippen molar-refractivity contribution in [3.05, 3.63) is 30.0 Å². The molecule has 0 aliphatic carbocycles. The number of piperidine rings is 1. The number of hydrogen-bond acceptors (Lipinski definition) is 7. The maximum atomic E-state index is 12.8. The van der Waals surface area contributed by atoms with Crippen LogP contribution in [-0.4, -0.2) is 73.3 Å². The standard InChI is InChI=1S/C19H22N4O6S/c1-20-18(24)10-30(26,27)13-4-6-23(7-5-13)19(25)15-9-14(21-22-15)12-2-3-16-17(8-12)29-11-28-16/h2-3,8-9,13H,4-7,10-11H2,1H3,(H,20,24)(H,21,22). The summed E-state index contributed by atoms with van der Waals surface area (Å²) in [7, 11) is -2.13. The molecular formula is C19H22N4O6S. The molecule has 0 radical (unpaired) electrons. The summed E-state index contributed by atoms with van der Waals surface area (Å²) in [6.07, 6.45) is 0.600. The van der Waals surface area contributed by atoms with Gasteiger partial charge in [-0.2, -0.15) is 5.10 Å². The van der Waals surface area contributed by atoms with Gasteiger partial charge in [0.25, 0.3) is 5.91 Å². The lowest BCUT2D eigenvalue weighted by Gasteiger charge is -2.31. The lowest BCUT2D eigenvalue weighted by atomic mass is 10.1. The van der Waals surface area contributed by atoms with E-state index in [1.807, 2.05) is 6.07 Å². The lowest BCUT2D eigenvalue weighted by Crippen LogP contribution is -2.44. The first-order chi connectivity index (χ1) is 14.4. The predicted octanol–water partition coefficient (Wildman–Crippen LogP) is 0.571. The molecular weight excluding hydrogens is 412 g/mol. The maximum Gasteiger partial charge on any atom is 0.271 e. The maximum absolute atomic E-state index is 12.8. The number of carbonyl (C=O) groups is 2. The highest BCUT2D eigenvalue weighted by atomic mass is 32.2. The Labute approximate surface area is 173 Å². The number of aromatic amines is 1. The summed E-state index contributed by atoms with van der Waals surface area (Å²) in [6.45, 7) is 0.779. The molecule has 1 aromatic carbocycles. The molecule has 0 saturated carbocycles. The first-order valence-electron chi connectivity index (χ1n) is 9.54. The number of hydrogen-bond donors (Lipinski definition) is 2. The number of fused-ring (bicyclic) bond motifs is 1. The number of H-pyrrole nitrogens is 1. The summed E-state index contributed by atoms with van der Waals surface area (Å²) in [4.78, 5) is 25.8. The number of ether oxygens (including phenoxy) is 2. The summed E-state index contributed by atoms with van der Waals surface area (Å²) in [6, 6.07) is 7.09. The van der Waals surface area contributed by atoms with Crippen LogP contribution in [-0.2, 0) is 14.6 Å². The highest BCUT2D eigenvalue weighted by Crippen LogP contribution is 2.35. The average Bonchev–Trinajstić information content (AvgIpc) is 3.42. The molecule has 2 amide bonds. The van der Waals surface area contributed by atoms with Crippen molar-refractivity contribution in [1.82, 2.24) is 20.4 Å². The van der Waals surface area contributed by atoms with Gasteiger partial charge >= 0.3 is 0 Å². The normalized spacial score (nSPS) is 16.5. The number of amides is 2. The van der Waals surface area contributed by atoms with Crippen molar-refractivity contribution in [2.45, 2.75) is 18.1 Å². The van der Waals surface area contributed by atoms with Crippen LogP contribution in [0.3, 0.4) is 0 Å². The van der Waals surface area contributed by atoms with Gasteiger partial charge in [-0.3, -0.25) is 14.7 Å². The molecule has 11 heteroatoms. The number of aromatic nitrogens is 2. The summed E-state index contributed by atoms with van der Waals surface area (Å²) >= 11 is 0. The fourth-order valence-corrected chi connectivity index (χ4v) is 5.27. The van der Waals surface area contributed by atoms with E-state index < -0.39 is 26.7 Å². The second-order valence-corrected chi connectivity index (χ2v) is 9.49. The Kier molecular flexibility index (Phi) is 5.37. The summed E-state index contributed by atoms with van der Waals surface area (Å²) in [5.41, 5.74) is 1.71. The van der Waals surface area contributed by atoms with Gasteiger partial charge in [0.15, 0.2) is 21.3 Å². The van der Waals surface area contributed by atoms with Crippen LogP contribution < -0.4 is 14.8 Å². The minimum absolute atomic E-state index is 0.178. The first-order valence-corrected chi connectivity index (χ1v) is 11.3. The third-order valence-electron chi connectivity index (χ3n) is 5.32. The van der Waals surface area contributed by atoms with E-state index in [9.17, 15) is 18.0 Å². The fraction of sp³-hybridized carbons (Fsp3) is 0.421. The number of rotatable bonds is 5. The zero-order valence-corrected chi connectivity index (χ0v) is 17.2. The Balaban J connectivity index is 1.40. The summed E-state index contributed by atoms with van der Waals surface area (Å²) in [5.74, 6) is 0.00330. The van der Waals surface area contributed by atoms with Crippen LogP contribution in [0.5, 0.6) is 11.5 Å². The van der Waals surface area contributed by atoms with Gasteiger partial charge in [0.2, 0.25) is 12.7 Å². The second-order valence-electron chi connectivity index (χ2n) is 7.21. The zero-order chi connectivity index (χ0) is 21.3. The van der Waals surface area contributed by atoms with Gasteiger partial charge < -0.3 is 19.7 Å². The molecule has 1 aromatic heterocycles. The van der Waals surface area contributed by atoms with Crippen molar-refractivity contribution in [1.29, 1.82) is 0 Å². The van der Waals surface area contributed by atoms with Crippen LogP contribution in [0.2, 0.25) is 0 Å². The van der Waals surface area contributed by atoms with E-state index in [-0.39, 0.29) is 12.7 Å². The molecule has 2 aromatic rings. The van der Waals surface area contributed by atoms with Gasteiger partial charge in [-0.15, -0.1) is 0 Å². The fourth-order valence-electron chi connectivity index (χ4n) is 3.60. The molecule has 4 rings (SSSR count). The number of nitrogens with zero attached hydrogens (tertiary/aromatic N) is 2.